The Hall–Kier alpha value is -1.58. The quantitative estimate of drug-likeness (QED) is 0.857. The predicted molar refractivity (Wildman–Crippen MR) is 77.1 cm³/mol. The van der Waals surface area contributed by atoms with Gasteiger partial charge in [-0.15, -0.1) is 0 Å². The van der Waals surface area contributed by atoms with Crippen LogP contribution in [0, 0.1) is 12.3 Å². The molecule has 0 bridgehead atoms. The number of carbonyl (C=O) groups is 2. The number of amides is 1. The van der Waals surface area contributed by atoms with Crippen molar-refractivity contribution in [3.05, 3.63) is 22.6 Å². The molecule has 0 spiro atoms. The first-order valence-corrected chi connectivity index (χ1v) is 6.98. The third-order valence-electron chi connectivity index (χ3n) is 3.47. The molecule has 1 N–H and O–H groups in total. The lowest BCUT2D eigenvalue weighted by molar-refractivity contribution is 0.0871. The molecule has 4 heteroatoms. The Morgan fingerprint density at radius 1 is 1.25 bits per heavy atom. The maximum Gasteiger partial charge on any atom is 0.287 e. The van der Waals surface area contributed by atoms with Gasteiger partial charge in [-0.3, -0.25) is 9.59 Å². The standard InChI is InChI=1S/C16H23NO3/c1-9-12-10(18)7-16(5,6)8-11(12)20-13(9)14(19)17-15(2,3)4/h7-8H2,1-6H3,(H,17,19). The van der Waals surface area contributed by atoms with Crippen molar-refractivity contribution in [2.24, 2.45) is 5.41 Å². The van der Waals surface area contributed by atoms with E-state index in [9.17, 15) is 9.59 Å². The molecule has 0 aliphatic heterocycles. The third-order valence-corrected chi connectivity index (χ3v) is 3.47. The van der Waals surface area contributed by atoms with E-state index in [0.29, 0.717) is 29.7 Å². The molecule has 1 aromatic rings. The van der Waals surface area contributed by atoms with Crippen LogP contribution in [0.1, 0.15) is 73.3 Å². The van der Waals surface area contributed by atoms with Crippen LogP contribution in [-0.2, 0) is 6.42 Å². The van der Waals surface area contributed by atoms with Gasteiger partial charge in [0.1, 0.15) is 5.76 Å². The van der Waals surface area contributed by atoms with Gasteiger partial charge < -0.3 is 9.73 Å². The SMILES string of the molecule is Cc1c(C(=O)NC(C)(C)C)oc2c1C(=O)CC(C)(C)C2. The highest BCUT2D eigenvalue weighted by atomic mass is 16.4. The summed E-state index contributed by atoms with van der Waals surface area (Å²) in [6.07, 6.45) is 1.19. The van der Waals surface area contributed by atoms with E-state index in [-0.39, 0.29) is 28.4 Å². The Morgan fingerprint density at radius 2 is 1.85 bits per heavy atom. The first-order chi connectivity index (χ1) is 9.00. The molecule has 0 saturated heterocycles. The molecule has 0 radical (unpaired) electrons. The third kappa shape index (κ3) is 2.79. The lowest BCUT2D eigenvalue weighted by Gasteiger charge is -2.27. The summed E-state index contributed by atoms with van der Waals surface area (Å²) < 4.78 is 5.72. The van der Waals surface area contributed by atoms with Gasteiger partial charge in [-0.2, -0.15) is 0 Å². The van der Waals surface area contributed by atoms with Crippen LogP contribution in [0.4, 0.5) is 0 Å². The fourth-order valence-electron chi connectivity index (χ4n) is 2.70. The zero-order chi connectivity index (χ0) is 15.3. The summed E-state index contributed by atoms with van der Waals surface area (Å²) in [6, 6.07) is 0. The van der Waals surface area contributed by atoms with E-state index in [0.717, 1.165) is 0 Å². The molecule has 0 fully saturated rings. The van der Waals surface area contributed by atoms with Crippen molar-refractivity contribution in [2.75, 3.05) is 0 Å². The molecule has 2 rings (SSSR count). The van der Waals surface area contributed by atoms with E-state index >= 15 is 0 Å². The molecular weight excluding hydrogens is 254 g/mol. The topological polar surface area (TPSA) is 59.3 Å². The fraction of sp³-hybridized carbons (Fsp3) is 0.625. The molecule has 0 unspecified atom stereocenters. The lowest BCUT2D eigenvalue weighted by atomic mass is 9.76. The number of carbonyl (C=O) groups excluding carboxylic acids is 2. The van der Waals surface area contributed by atoms with Crippen LogP contribution >= 0.6 is 0 Å². The molecule has 1 aromatic heterocycles. The number of Topliss-reactive ketones (excluding diaryl/α,β-unsaturated/α-hetero) is 1. The van der Waals surface area contributed by atoms with Crippen LogP contribution in [0.25, 0.3) is 0 Å². The van der Waals surface area contributed by atoms with Gasteiger partial charge in [-0.05, 0) is 33.1 Å². The number of nitrogens with one attached hydrogen (secondary N) is 1. The van der Waals surface area contributed by atoms with Gasteiger partial charge in [-0.1, -0.05) is 13.8 Å². The summed E-state index contributed by atoms with van der Waals surface area (Å²) in [5.74, 6) is 0.751. The van der Waals surface area contributed by atoms with Crippen LogP contribution in [0.15, 0.2) is 4.42 Å². The predicted octanol–water partition coefficient (Wildman–Crippen LogP) is 3.27. The number of ketones is 1. The maximum atomic E-state index is 12.3. The minimum Gasteiger partial charge on any atom is -0.455 e. The van der Waals surface area contributed by atoms with E-state index in [4.69, 9.17) is 4.42 Å². The average Bonchev–Trinajstić information content (AvgIpc) is 2.50. The number of rotatable bonds is 1. The Morgan fingerprint density at radius 3 is 2.40 bits per heavy atom. The van der Waals surface area contributed by atoms with E-state index < -0.39 is 0 Å². The van der Waals surface area contributed by atoms with E-state index in [2.05, 4.69) is 5.32 Å². The normalized spacial score (nSPS) is 17.8. The fourth-order valence-corrected chi connectivity index (χ4v) is 2.70. The van der Waals surface area contributed by atoms with Crippen LogP contribution in [0.2, 0.25) is 0 Å². The summed E-state index contributed by atoms with van der Waals surface area (Å²) >= 11 is 0. The largest absolute Gasteiger partial charge is 0.455 e. The van der Waals surface area contributed by atoms with Gasteiger partial charge in [0.05, 0.1) is 5.56 Å². The summed E-state index contributed by atoms with van der Waals surface area (Å²) in [6.45, 7) is 11.6. The molecule has 1 aliphatic rings. The Bertz CT molecular complexity index is 573. The van der Waals surface area contributed by atoms with Crippen molar-refractivity contribution < 1.29 is 14.0 Å². The monoisotopic (exact) mass is 277 g/mol. The van der Waals surface area contributed by atoms with Gasteiger partial charge in [0.2, 0.25) is 0 Å². The van der Waals surface area contributed by atoms with Gasteiger partial charge in [-0.25, -0.2) is 0 Å². The van der Waals surface area contributed by atoms with Crippen molar-refractivity contribution in [1.82, 2.24) is 5.32 Å². The van der Waals surface area contributed by atoms with E-state index in [1.54, 1.807) is 6.92 Å². The molecule has 0 aromatic carbocycles. The molecule has 1 amide bonds. The molecule has 0 saturated carbocycles. The molecule has 20 heavy (non-hydrogen) atoms. The van der Waals surface area contributed by atoms with Crippen molar-refractivity contribution in [3.63, 3.8) is 0 Å². The second-order valence-electron chi connectivity index (χ2n) is 7.50. The first kappa shape index (κ1) is 14.8. The molecule has 1 heterocycles. The van der Waals surface area contributed by atoms with Crippen molar-refractivity contribution in [2.45, 2.75) is 59.9 Å². The van der Waals surface area contributed by atoms with E-state index in [1.807, 2.05) is 34.6 Å². The van der Waals surface area contributed by atoms with Crippen LogP contribution in [0.3, 0.4) is 0 Å². The molecule has 1 aliphatic carbocycles. The van der Waals surface area contributed by atoms with Crippen molar-refractivity contribution >= 4 is 11.7 Å². The summed E-state index contributed by atoms with van der Waals surface area (Å²) in [7, 11) is 0. The van der Waals surface area contributed by atoms with Crippen LogP contribution < -0.4 is 5.32 Å². The smallest absolute Gasteiger partial charge is 0.287 e. The molecule has 4 nitrogen and oxygen atoms in total. The van der Waals surface area contributed by atoms with Crippen molar-refractivity contribution in [1.29, 1.82) is 0 Å². The van der Waals surface area contributed by atoms with Gasteiger partial charge in [0.25, 0.3) is 5.91 Å². The lowest BCUT2D eigenvalue weighted by Crippen LogP contribution is -2.40. The Labute approximate surface area is 119 Å². The number of hydrogen-bond donors (Lipinski definition) is 1. The molecular formula is C16H23NO3. The maximum absolute atomic E-state index is 12.3. The number of furan rings is 1. The second kappa shape index (κ2) is 4.47. The van der Waals surface area contributed by atoms with Crippen molar-refractivity contribution in [3.8, 4) is 0 Å². The van der Waals surface area contributed by atoms with Crippen LogP contribution in [0.5, 0.6) is 0 Å². The summed E-state index contributed by atoms with van der Waals surface area (Å²) in [5, 5.41) is 2.88. The summed E-state index contributed by atoms with van der Waals surface area (Å²) in [5.41, 5.74) is 0.845. The van der Waals surface area contributed by atoms with Crippen LogP contribution in [-0.4, -0.2) is 17.2 Å². The zero-order valence-corrected chi connectivity index (χ0v) is 13.1. The van der Waals surface area contributed by atoms with Gasteiger partial charge in [0.15, 0.2) is 11.5 Å². The number of fused-ring (bicyclic) bond motifs is 1. The average molecular weight is 277 g/mol. The second-order valence-corrected chi connectivity index (χ2v) is 7.50. The highest BCUT2D eigenvalue weighted by Crippen LogP contribution is 2.38. The minimum absolute atomic E-state index is 0.0762. The minimum atomic E-state index is -0.333. The Balaban J connectivity index is 2.40. The first-order valence-electron chi connectivity index (χ1n) is 6.98. The van der Waals surface area contributed by atoms with Gasteiger partial charge in [0, 0.05) is 23.9 Å². The molecule has 0 atom stereocenters. The highest BCUT2D eigenvalue weighted by molar-refractivity contribution is 6.03. The molecule has 110 valence electrons. The highest BCUT2D eigenvalue weighted by Gasteiger charge is 2.37. The summed E-state index contributed by atoms with van der Waals surface area (Å²) in [4.78, 5) is 24.5. The van der Waals surface area contributed by atoms with E-state index in [1.165, 1.54) is 0 Å². The zero-order valence-electron chi connectivity index (χ0n) is 13.1. The Kier molecular flexibility index (Phi) is 3.31. The number of hydrogen-bond acceptors (Lipinski definition) is 3. The van der Waals surface area contributed by atoms with Gasteiger partial charge >= 0.3 is 0 Å².